The number of aromatic nitrogens is 7. The standard InChI is InChI=1S/C43H25N7O2/c1-2-10-26(11-3-1)38-44-32-13-5-4-12-31(32)37(47-38)41-49-39(27-18-22-29(23-19-27)42-45-33-14-6-8-16-35(33)51-42)48-40(50-41)28-20-24-30(25-21-28)43-46-34-15-7-9-17-36(34)52-43/h1-25H. The number of hydrogen-bond donors (Lipinski definition) is 0. The Morgan fingerprint density at radius 1 is 0.288 bits per heavy atom. The van der Waals surface area contributed by atoms with Gasteiger partial charge in [-0.3, -0.25) is 0 Å². The number of para-hydroxylation sites is 5. The normalized spacial score (nSPS) is 11.5. The zero-order chi connectivity index (χ0) is 34.4. The Morgan fingerprint density at radius 3 is 1.27 bits per heavy atom. The molecule has 0 radical (unpaired) electrons. The van der Waals surface area contributed by atoms with Crippen molar-refractivity contribution >= 4 is 33.1 Å². The third kappa shape index (κ3) is 5.33. The Morgan fingerprint density at radius 2 is 0.712 bits per heavy atom. The molecule has 0 amide bonds. The molecule has 0 saturated carbocycles. The van der Waals surface area contributed by atoms with Crippen molar-refractivity contribution in [3.05, 3.63) is 152 Å². The van der Waals surface area contributed by atoms with Gasteiger partial charge in [0.05, 0.1) is 5.52 Å². The van der Waals surface area contributed by atoms with Gasteiger partial charge in [0.25, 0.3) is 0 Å². The summed E-state index contributed by atoms with van der Waals surface area (Å²) in [6.07, 6.45) is 0. The van der Waals surface area contributed by atoms with Gasteiger partial charge in [-0.2, -0.15) is 0 Å². The van der Waals surface area contributed by atoms with Gasteiger partial charge < -0.3 is 8.83 Å². The van der Waals surface area contributed by atoms with E-state index in [9.17, 15) is 0 Å². The number of benzene rings is 6. The van der Waals surface area contributed by atoms with Crippen LogP contribution in [0.2, 0.25) is 0 Å². The summed E-state index contributed by atoms with van der Waals surface area (Å²) in [6, 6.07) is 49.0. The molecular formula is C43H25N7O2. The summed E-state index contributed by atoms with van der Waals surface area (Å²) in [6.45, 7) is 0. The Hall–Kier alpha value is -7.39. The number of fused-ring (bicyclic) bond motifs is 3. The van der Waals surface area contributed by atoms with Crippen molar-refractivity contribution in [1.82, 2.24) is 34.9 Å². The minimum absolute atomic E-state index is 0.432. The van der Waals surface area contributed by atoms with Crippen molar-refractivity contribution in [2.24, 2.45) is 0 Å². The van der Waals surface area contributed by atoms with Crippen LogP contribution >= 0.6 is 0 Å². The number of nitrogens with zero attached hydrogens (tertiary/aromatic N) is 7. The van der Waals surface area contributed by atoms with Gasteiger partial charge in [-0.25, -0.2) is 34.9 Å². The zero-order valence-corrected chi connectivity index (χ0v) is 27.4. The lowest BCUT2D eigenvalue weighted by Crippen LogP contribution is -2.03. The number of hydrogen-bond acceptors (Lipinski definition) is 9. The first-order valence-electron chi connectivity index (χ1n) is 16.7. The van der Waals surface area contributed by atoms with E-state index in [0.29, 0.717) is 40.8 Å². The second kappa shape index (κ2) is 12.2. The monoisotopic (exact) mass is 671 g/mol. The molecule has 4 heterocycles. The van der Waals surface area contributed by atoms with Crippen LogP contribution in [0.5, 0.6) is 0 Å². The largest absolute Gasteiger partial charge is 0.436 e. The fourth-order valence-corrected chi connectivity index (χ4v) is 6.22. The Labute approximate surface area is 296 Å². The predicted molar refractivity (Wildman–Crippen MR) is 201 cm³/mol. The molecule has 10 rings (SSSR count). The highest BCUT2D eigenvalue weighted by Gasteiger charge is 2.19. The molecule has 0 atom stereocenters. The van der Waals surface area contributed by atoms with Crippen LogP contribution in [-0.2, 0) is 0 Å². The van der Waals surface area contributed by atoms with Gasteiger partial charge >= 0.3 is 0 Å². The SMILES string of the molecule is c1ccc(-c2nc(-c3nc(-c4ccc(-c5nc6ccccc6o5)cc4)nc(-c4ccc(-c5nc6ccccc6o5)cc4)n3)c3ccccc3n2)cc1. The van der Waals surface area contributed by atoms with Crippen molar-refractivity contribution in [2.75, 3.05) is 0 Å². The van der Waals surface area contributed by atoms with Gasteiger partial charge in [-0.05, 0) is 54.6 Å². The summed E-state index contributed by atoms with van der Waals surface area (Å²) >= 11 is 0. The molecule has 6 aromatic carbocycles. The topological polar surface area (TPSA) is 117 Å². The Bertz CT molecular complexity index is 2700. The first-order valence-corrected chi connectivity index (χ1v) is 16.7. The maximum absolute atomic E-state index is 6.02. The molecule has 0 unspecified atom stereocenters. The molecule has 0 fully saturated rings. The van der Waals surface area contributed by atoms with Crippen LogP contribution in [-0.4, -0.2) is 34.9 Å². The minimum atomic E-state index is 0.432. The van der Waals surface area contributed by atoms with Crippen molar-refractivity contribution in [3.63, 3.8) is 0 Å². The van der Waals surface area contributed by atoms with Crippen LogP contribution in [0.3, 0.4) is 0 Å². The van der Waals surface area contributed by atoms with Crippen LogP contribution in [0, 0.1) is 0 Å². The van der Waals surface area contributed by atoms with Crippen LogP contribution in [0.4, 0.5) is 0 Å². The molecule has 0 aliphatic carbocycles. The van der Waals surface area contributed by atoms with Crippen LogP contribution in [0.1, 0.15) is 0 Å². The summed E-state index contributed by atoms with van der Waals surface area (Å²) < 4.78 is 12.0. The second-order valence-electron chi connectivity index (χ2n) is 12.2. The zero-order valence-electron chi connectivity index (χ0n) is 27.4. The first-order chi connectivity index (χ1) is 25.7. The van der Waals surface area contributed by atoms with E-state index in [1.165, 1.54) is 0 Å². The van der Waals surface area contributed by atoms with E-state index in [-0.39, 0.29) is 0 Å². The first kappa shape index (κ1) is 29.5. The summed E-state index contributed by atoms with van der Waals surface area (Å²) in [7, 11) is 0. The molecule has 0 aliphatic heterocycles. The molecule has 0 N–H and O–H groups in total. The van der Waals surface area contributed by atoms with Crippen LogP contribution < -0.4 is 0 Å². The lowest BCUT2D eigenvalue weighted by atomic mass is 10.1. The number of oxazole rings is 2. The lowest BCUT2D eigenvalue weighted by Gasteiger charge is -2.11. The summed E-state index contributed by atoms with van der Waals surface area (Å²) in [4.78, 5) is 34.3. The average molecular weight is 672 g/mol. The van der Waals surface area contributed by atoms with Crippen LogP contribution in [0.15, 0.2) is 160 Å². The molecule has 9 heteroatoms. The molecule has 0 aliphatic rings. The Balaban J connectivity index is 1.11. The van der Waals surface area contributed by atoms with Crippen LogP contribution in [0.25, 0.3) is 102 Å². The van der Waals surface area contributed by atoms with E-state index < -0.39 is 0 Å². The maximum atomic E-state index is 6.02. The molecule has 52 heavy (non-hydrogen) atoms. The average Bonchev–Trinajstić information content (AvgIpc) is 3.86. The highest BCUT2D eigenvalue weighted by Crippen LogP contribution is 2.32. The minimum Gasteiger partial charge on any atom is -0.436 e. The van der Waals surface area contributed by atoms with Crippen molar-refractivity contribution in [2.45, 2.75) is 0 Å². The third-order valence-corrected chi connectivity index (χ3v) is 8.85. The predicted octanol–water partition coefficient (Wildman–Crippen LogP) is 10.1. The highest BCUT2D eigenvalue weighted by atomic mass is 16.4. The smallest absolute Gasteiger partial charge is 0.227 e. The van der Waals surface area contributed by atoms with E-state index in [2.05, 4.69) is 9.97 Å². The highest BCUT2D eigenvalue weighted by molar-refractivity contribution is 5.92. The van der Waals surface area contributed by atoms with E-state index in [1.807, 2.05) is 152 Å². The Kier molecular flexibility index (Phi) is 6.92. The van der Waals surface area contributed by atoms with Crippen molar-refractivity contribution in [3.8, 4) is 68.6 Å². The lowest BCUT2D eigenvalue weighted by molar-refractivity contribution is 0.619. The van der Waals surface area contributed by atoms with Gasteiger partial charge in [0.15, 0.2) is 34.5 Å². The summed E-state index contributed by atoms with van der Waals surface area (Å²) in [5, 5.41) is 0.836. The molecular weight excluding hydrogens is 647 g/mol. The summed E-state index contributed by atoms with van der Waals surface area (Å²) in [5.41, 5.74) is 8.69. The third-order valence-electron chi connectivity index (χ3n) is 8.85. The fraction of sp³-hybridized carbons (Fsp3) is 0. The van der Waals surface area contributed by atoms with E-state index in [1.54, 1.807) is 0 Å². The molecule has 4 aromatic heterocycles. The maximum Gasteiger partial charge on any atom is 0.227 e. The van der Waals surface area contributed by atoms with E-state index in [4.69, 9.17) is 33.8 Å². The molecule has 0 spiro atoms. The van der Waals surface area contributed by atoms with Gasteiger partial charge in [-0.1, -0.05) is 97.1 Å². The van der Waals surface area contributed by atoms with Crippen molar-refractivity contribution < 1.29 is 8.83 Å². The number of rotatable bonds is 6. The van der Waals surface area contributed by atoms with Crippen molar-refractivity contribution in [1.29, 1.82) is 0 Å². The molecule has 0 saturated heterocycles. The molecule has 10 aromatic rings. The summed E-state index contributed by atoms with van der Waals surface area (Å²) in [5.74, 6) is 3.10. The van der Waals surface area contributed by atoms with Gasteiger partial charge in [0.2, 0.25) is 11.8 Å². The molecule has 244 valence electrons. The quantitative estimate of drug-likeness (QED) is 0.170. The van der Waals surface area contributed by atoms with E-state index in [0.717, 1.165) is 60.9 Å². The van der Waals surface area contributed by atoms with Gasteiger partial charge in [0, 0.05) is 33.2 Å². The molecule has 9 nitrogen and oxygen atoms in total. The molecule has 0 bridgehead atoms. The van der Waals surface area contributed by atoms with E-state index >= 15 is 0 Å². The van der Waals surface area contributed by atoms with Gasteiger partial charge in [-0.15, -0.1) is 0 Å². The second-order valence-corrected chi connectivity index (χ2v) is 12.2. The van der Waals surface area contributed by atoms with Gasteiger partial charge in [0.1, 0.15) is 16.7 Å². The fourth-order valence-electron chi connectivity index (χ4n) is 6.22.